The Morgan fingerprint density at radius 2 is 1.63 bits per heavy atom. The minimum absolute atomic E-state index is 0.0266. The lowest BCUT2D eigenvalue weighted by atomic mass is 10.1. The number of aryl methyl sites for hydroxylation is 1. The molecule has 0 aliphatic heterocycles. The Kier molecular flexibility index (Phi) is 6.32. The number of phenols is 1. The van der Waals surface area contributed by atoms with Crippen LogP contribution in [0.2, 0.25) is 0 Å². The van der Waals surface area contributed by atoms with Crippen LogP contribution < -0.4 is 5.32 Å². The molecule has 0 saturated carbocycles. The first kappa shape index (κ1) is 20.9. The van der Waals surface area contributed by atoms with E-state index in [0.717, 1.165) is 21.2 Å². The number of hydrogen-bond acceptors (Lipinski definition) is 5. The first-order chi connectivity index (χ1) is 14.3. The van der Waals surface area contributed by atoms with Gasteiger partial charge in [0.1, 0.15) is 11.3 Å². The normalized spacial score (nSPS) is 10.5. The van der Waals surface area contributed by atoms with Gasteiger partial charge in [-0.1, -0.05) is 42.0 Å². The summed E-state index contributed by atoms with van der Waals surface area (Å²) in [6, 6.07) is 17.5. The SMILES string of the molecule is Cc1ccc(NC(=O)CN(C)C(=O)COC(=O)c2cc3ccccc3cc2O)cc1. The summed E-state index contributed by atoms with van der Waals surface area (Å²) in [5.74, 6) is -1.95. The molecule has 0 radical (unpaired) electrons. The molecular weight excluding hydrogens is 384 g/mol. The van der Waals surface area contributed by atoms with E-state index in [1.165, 1.54) is 19.2 Å². The number of fused-ring (bicyclic) bond motifs is 1. The number of phenolic OH excluding ortho intramolecular Hbond substituents is 1. The molecule has 0 fully saturated rings. The number of benzene rings is 3. The summed E-state index contributed by atoms with van der Waals surface area (Å²) in [4.78, 5) is 37.8. The lowest BCUT2D eigenvalue weighted by Gasteiger charge is -2.17. The van der Waals surface area contributed by atoms with Gasteiger partial charge in [-0.05, 0) is 42.0 Å². The van der Waals surface area contributed by atoms with Crippen molar-refractivity contribution in [3.8, 4) is 5.75 Å². The van der Waals surface area contributed by atoms with Crippen molar-refractivity contribution < 1.29 is 24.2 Å². The van der Waals surface area contributed by atoms with E-state index in [2.05, 4.69) is 5.32 Å². The molecule has 0 atom stereocenters. The zero-order chi connectivity index (χ0) is 21.7. The highest BCUT2D eigenvalue weighted by Crippen LogP contribution is 2.25. The monoisotopic (exact) mass is 406 g/mol. The highest BCUT2D eigenvalue weighted by Gasteiger charge is 2.18. The summed E-state index contributed by atoms with van der Waals surface area (Å²) >= 11 is 0. The summed E-state index contributed by atoms with van der Waals surface area (Å²) in [6.45, 7) is 1.21. The van der Waals surface area contributed by atoms with E-state index < -0.39 is 18.5 Å². The fourth-order valence-corrected chi connectivity index (χ4v) is 2.85. The summed E-state index contributed by atoms with van der Waals surface area (Å²) < 4.78 is 5.03. The topological polar surface area (TPSA) is 95.9 Å². The van der Waals surface area contributed by atoms with Crippen molar-refractivity contribution in [1.29, 1.82) is 0 Å². The molecule has 0 bridgehead atoms. The number of carbonyl (C=O) groups excluding carboxylic acids is 3. The summed E-state index contributed by atoms with van der Waals surface area (Å²) in [5, 5.41) is 14.3. The molecule has 0 aliphatic carbocycles. The fourth-order valence-electron chi connectivity index (χ4n) is 2.85. The number of likely N-dealkylation sites (N-methyl/N-ethyl adjacent to an activating group) is 1. The number of hydrogen-bond donors (Lipinski definition) is 2. The Balaban J connectivity index is 1.54. The van der Waals surface area contributed by atoms with Gasteiger partial charge >= 0.3 is 5.97 Å². The first-order valence-corrected chi connectivity index (χ1v) is 9.33. The van der Waals surface area contributed by atoms with Gasteiger partial charge in [-0.15, -0.1) is 0 Å². The number of anilines is 1. The summed E-state index contributed by atoms with van der Waals surface area (Å²) in [7, 11) is 1.44. The molecule has 3 aromatic carbocycles. The Hall–Kier alpha value is -3.87. The zero-order valence-electron chi connectivity index (χ0n) is 16.7. The van der Waals surface area contributed by atoms with Crippen molar-refractivity contribution in [2.45, 2.75) is 6.92 Å². The Morgan fingerprint density at radius 1 is 1.00 bits per heavy atom. The van der Waals surface area contributed by atoms with Crippen molar-refractivity contribution in [2.75, 3.05) is 25.5 Å². The molecule has 2 amide bonds. The molecule has 0 aliphatic rings. The minimum atomic E-state index is -0.816. The van der Waals surface area contributed by atoms with Gasteiger partial charge in [-0.25, -0.2) is 4.79 Å². The summed E-state index contributed by atoms with van der Waals surface area (Å²) in [5.41, 5.74) is 1.67. The number of carbonyl (C=O) groups is 3. The first-order valence-electron chi connectivity index (χ1n) is 9.33. The van der Waals surface area contributed by atoms with Gasteiger partial charge in [0.2, 0.25) is 5.91 Å². The average Bonchev–Trinajstić information content (AvgIpc) is 2.72. The third kappa shape index (κ3) is 5.14. The van der Waals surface area contributed by atoms with Crippen LogP contribution in [0.25, 0.3) is 10.8 Å². The van der Waals surface area contributed by atoms with Crippen molar-refractivity contribution >= 4 is 34.2 Å². The van der Waals surface area contributed by atoms with Crippen LogP contribution in [-0.2, 0) is 14.3 Å². The van der Waals surface area contributed by atoms with Gasteiger partial charge in [0.15, 0.2) is 6.61 Å². The number of esters is 1. The number of rotatable bonds is 6. The summed E-state index contributed by atoms with van der Waals surface area (Å²) in [6.07, 6.45) is 0. The number of nitrogens with zero attached hydrogens (tertiary/aromatic N) is 1. The molecule has 7 heteroatoms. The molecule has 3 aromatic rings. The van der Waals surface area contributed by atoms with E-state index in [1.54, 1.807) is 18.2 Å². The fraction of sp³-hybridized carbons (Fsp3) is 0.174. The second kappa shape index (κ2) is 9.09. The lowest BCUT2D eigenvalue weighted by molar-refractivity contribution is -0.136. The van der Waals surface area contributed by atoms with Crippen LogP contribution in [0.4, 0.5) is 5.69 Å². The highest BCUT2D eigenvalue weighted by atomic mass is 16.5. The van der Waals surface area contributed by atoms with Crippen LogP contribution in [0.5, 0.6) is 5.75 Å². The number of amides is 2. The molecule has 2 N–H and O–H groups in total. The van der Waals surface area contributed by atoms with Crippen LogP contribution in [0.3, 0.4) is 0 Å². The molecule has 3 rings (SSSR count). The predicted molar refractivity (Wildman–Crippen MR) is 113 cm³/mol. The molecule has 30 heavy (non-hydrogen) atoms. The van der Waals surface area contributed by atoms with Gasteiger partial charge in [-0.3, -0.25) is 9.59 Å². The molecule has 0 spiro atoms. The van der Waals surface area contributed by atoms with E-state index in [9.17, 15) is 19.5 Å². The number of aromatic hydroxyl groups is 1. The van der Waals surface area contributed by atoms with Gasteiger partial charge in [0.25, 0.3) is 5.91 Å². The third-order valence-electron chi connectivity index (χ3n) is 4.55. The van der Waals surface area contributed by atoms with Crippen LogP contribution in [-0.4, -0.2) is 48.0 Å². The van der Waals surface area contributed by atoms with Gasteiger partial charge < -0.3 is 20.1 Å². The molecule has 0 saturated heterocycles. The van der Waals surface area contributed by atoms with Crippen LogP contribution >= 0.6 is 0 Å². The maximum atomic E-state index is 12.3. The predicted octanol–water partition coefficient (Wildman–Crippen LogP) is 3.11. The van der Waals surface area contributed by atoms with E-state index in [4.69, 9.17) is 4.74 Å². The lowest BCUT2D eigenvalue weighted by Crippen LogP contribution is -2.37. The molecule has 154 valence electrons. The Morgan fingerprint density at radius 3 is 2.30 bits per heavy atom. The molecule has 0 unspecified atom stereocenters. The van der Waals surface area contributed by atoms with Crippen molar-refractivity contribution in [3.63, 3.8) is 0 Å². The smallest absolute Gasteiger partial charge is 0.342 e. The average molecular weight is 406 g/mol. The van der Waals surface area contributed by atoms with Gasteiger partial charge in [0, 0.05) is 12.7 Å². The number of ether oxygens (including phenoxy) is 1. The standard InChI is InChI=1S/C23H22N2O5/c1-15-7-9-18(10-8-15)24-21(27)13-25(2)22(28)14-30-23(29)19-11-16-5-3-4-6-17(16)12-20(19)26/h3-12,26H,13-14H2,1-2H3,(H,24,27). The maximum absolute atomic E-state index is 12.3. The minimum Gasteiger partial charge on any atom is -0.507 e. The highest BCUT2D eigenvalue weighted by molar-refractivity contribution is 5.99. The maximum Gasteiger partial charge on any atom is 0.342 e. The van der Waals surface area contributed by atoms with E-state index in [1.807, 2.05) is 37.3 Å². The van der Waals surface area contributed by atoms with Gasteiger partial charge in [0.05, 0.1) is 6.54 Å². The Bertz CT molecular complexity index is 1090. The van der Waals surface area contributed by atoms with E-state index in [0.29, 0.717) is 5.69 Å². The second-order valence-electron chi connectivity index (χ2n) is 6.96. The van der Waals surface area contributed by atoms with Crippen molar-refractivity contribution in [1.82, 2.24) is 4.90 Å². The Labute approximate surface area is 173 Å². The zero-order valence-corrected chi connectivity index (χ0v) is 16.7. The molecule has 7 nitrogen and oxygen atoms in total. The molecular formula is C23H22N2O5. The molecule has 0 heterocycles. The van der Waals surface area contributed by atoms with Crippen molar-refractivity contribution in [3.05, 3.63) is 71.8 Å². The second-order valence-corrected chi connectivity index (χ2v) is 6.96. The van der Waals surface area contributed by atoms with Crippen molar-refractivity contribution in [2.24, 2.45) is 0 Å². The van der Waals surface area contributed by atoms with E-state index in [-0.39, 0.29) is 23.8 Å². The third-order valence-corrected chi connectivity index (χ3v) is 4.55. The van der Waals surface area contributed by atoms with Crippen LogP contribution in [0, 0.1) is 6.92 Å². The largest absolute Gasteiger partial charge is 0.507 e. The van der Waals surface area contributed by atoms with Crippen LogP contribution in [0.15, 0.2) is 60.7 Å². The number of nitrogens with one attached hydrogen (secondary N) is 1. The van der Waals surface area contributed by atoms with Gasteiger partial charge in [-0.2, -0.15) is 0 Å². The quantitative estimate of drug-likeness (QED) is 0.613. The van der Waals surface area contributed by atoms with E-state index >= 15 is 0 Å². The molecule has 0 aromatic heterocycles. The van der Waals surface area contributed by atoms with Crippen LogP contribution in [0.1, 0.15) is 15.9 Å².